The summed E-state index contributed by atoms with van der Waals surface area (Å²) < 4.78 is 1.66. The number of amides is 2. The average Bonchev–Trinajstić information content (AvgIpc) is 2.74. The molecule has 0 spiro atoms. The van der Waals surface area contributed by atoms with Crippen LogP contribution in [0.1, 0.15) is 44.7 Å². The third-order valence-electron chi connectivity index (χ3n) is 3.77. The van der Waals surface area contributed by atoms with Gasteiger partial charge in [-0.15, -0.1) is 0 Å². The fourth-order valence-electron chi connectivity index (χ4n) is 2.63. The topological polar surface area (TPSA) is 87.5 Å². The number of carbonyl (C=O) groups excluding carboxylic acids is 2. The van der Waals surface area contributed by atoms with E-state index in [1.54, 1.807) is 17.9 Å². The monoisotopic (exact) mass is 308 g/mol. The van der Waals surface area contributed by atoms with Gasteiger partial charge in [0.1, 0.15) is 6.10 Å². The highest BCUT2D eigenvalue weighted by molar-refractivity contribution is 5.95. The zero-order valence-electron chi connectivity index (χ0n) is 13.4. The van der Waals surface area contributed by atoms with Crippen LogP contribution in [0.4, 0.5) is 5.69 Å². The van der Waals surface area contributed by atoms with Crippen molar-refractivity contribution in [1.82, 2.24) is 14.7 Å². The number of nitrogens with one attached hydrogen (secondary N) is 1. The molecule has 0 aromatic carbocycles. The second-order valence-corrected chi connectivity index (χ2v) is 6.08. The summed E-state index contributed by atoms with van der Waals surface area (Å²) in [7, 11) is 1.80. The van der Waals surface area contributed by atoms with Crippen LogP contribution in [0.25, 0.3) is 0 Å². The molecule has 1 aromatic rings. The summed E-state index contributed by atoms with van der Waals surface area (Å²) in [6, 6.07) is 0. The molecule has 1 aromatic heterocycles. The Balaban J connectivity index is 2.02. The second kappa shape index (κ2) is 6.91. The molecule has 1 atom stereocenters. The average molecular weight is 308 g/mol. The molecule has 0 bridgehead atoms. The fraction of sp³-hybridized carbons (Fsp3) is 0.667. The molecule has 2 rings (SSSR count). The van der Waals surface area contributed by atoms with E-state index in [9.17, 15) is 14.7 Å². The van der Waals surface area contributed by atoms with Gasteiger partial charge in [0.2, 0.25) is 5.91 Å². The highest BCUT2D eigenvalue weighted by atomic mass is 16.3. The number of aryl methyl sites for hydroxylation is 1. The van der Waals surface area contributed by atoms with Gasteiger partial charge < -0.3 is 15.3 Å². The van der Waals surface area contributed by atoms with Crippen LogP contribution in [0.3, 0.4) is 0 Å². The van der Waals surface area contributed by atoms with Crippen LogP contribution in [-0.2, 0) is 16.6 Å². The van der Waals surface area contributed by atoms with Gasteiger partial charge in [-0.1, -0.05) is 13.8 Å². The Morgan fingerprint density at radius 2 is 2.23 bits per heavy atom. The van der Waals surface area contributed by atoms with Crippen LogP contribution < -0.4 is 5.32 Å². The Kier molecular flexibility index (Phi) is 5.18. The number of hydrogen-bond acceptors (Lipinski definition) is 4. The predicted molar refractivity (Wildman–Crippen MR) is 82.4 cm³/mol. The van der Waals surface area contributed by atoms with Crippen molar-refractivity contribution < 1.29 is 14.7 Å². The number of nitrogens with zero attached hydrogens (tertiary/aromatic N) is 3. The lowest BCUT2D eigenvalue weighted by Crippen LogP contribution is -2.42. The van der Waals surface area contributed by atoms with E-state index < -0.39 is 6.10 Å². The summed E-state index contributed by atoms with van der Waals surface area (Å²) in [6.45, 7) is 4.48. The van der Waals surface area contributed by atoms with E-state index in [1.165, 1.54) is 4.90 Å². The van der Waals surface area contributed by atoms with Crippen molar-refractivity contribution >= 4 is 17.5 Å². The maximum Gasteiger partial charge on any atom is 0.251 e. The molecule has 22 heavy (non-hydrogen) atoms. The molecule has 0 saturated carbocycles. The Morgan fingerprint density at radius 3 is 2.91 bits per heavy atom. The minimum atomic E-state index is -0.986. The van der Waals surface area contributed by atoms with Crippen LogP contribution in [-0.4, -0.2) is 50.8 Å². The zero-order valence-corrected chi connectivity index (χ0v) is 13.4. The van der Waals surface area contributed by atoms with E-state index in [0.29, 0.717) is 18.7 Å². The first kappa shape index (κ1) is 16.5. The van der Waals surface area contributed by atoms with E-state index >= 15 is 0 Å². The van der Waals surface area contributed by atoms with Crippen molar-refractivity contribution in [3.63, 3.8) is 0 Å². The minimum Gasteiger partial charge on any atom is -0.383 e. The molecule has 0 radical (unpaired) electrons. The molecule has 2 N–H and O–H groups in total. The Morgan fingerprint density at radius 1 is 1.50 bits per heavy atom. The zero-order chi connectivity index (χ0) is 16.3. The van der Waals surface area contributed by atoms with E-state index in [2.05, 4.69) is 10.4 Å². The van der Waals surface area contributed by atoms with Crippen LogP contribution >= 0.6 is 0 Å². The first-order valence-corrected chi connectivity index (χ1v) is 7.68. The summed E-state index contributed by atoms with van der Waals surface area (Å²) in [5, 5.41) is 16.9. The van der Waals surface area contributed by atoms with Gasteiger partial charge in [-0.3, -0.25) is 14.3 Å². The summed E-state index contributed by atoms with van der Waals surface area (Å²) in [6.07, 6.45) is 2.84. The summed E-state index contributed by atoms with van der Waals surface area (Å²) in [4.78, 5) is 25.6. The third-order valence-corrected chi connectivity index (χ3v) is 3.77. The SMILES string of the molecule is CC(C)c1nn(C)cc1NC(=O)CN1CCCCC(O)C1=O. The molecule has 7 heteroatoms. The predicted octanol–water partition coefficient (Wildman–Crippen LogP) is 0.855. The normalized spacial score (nSPS) is 19.4. The molecule has 1 aliphatic heterocycles. The molecule has 7 nitrogen and oxygen atoms in total. The molecule has 122 valence electrons. The Labute approximate surface area is 130 Å². The highest BCUT2D eigenvalue weighted by Crippen LogP contribution is 2.22. The van der Waals surface area contributed by atoms with Gasteiger partial charge in [-0.05, 0) is 25.2 Å². The van der Waals surface area contributed by atoms with Gasteiger partial charge in [-0.25, -0.2) is 0 Å². The molecule has 1 fully saturated rings. The molecule has 1 aliphatic rings. The number of aliphatic hydroxyl groups excluding tert-OH is 1. The van der Waals surface area contributed by atoms with Gasteiger partial charge in [0.15, 0.2) is 0 Å². The number of carbonyl (C=O) groups is 2. The van der Waals surface area contributed by atoms with Gasteiger partial charge >= 0.3 is 0 Å². The van der Waals surface area contributed by atoms with Gasteiger partial charge in [0.05, 0.1) is 17.9 Å². The van der Waals surface area contributed by atoms with Crippen molar-refractivity contribution in [3.05, 3.63) is 11.9 Å². The summed E-state index contributed by atoms with van der Waals surface area (Å²) in [5.41, 5.74) is 1.49. The number of rotatable bonds is 4. The molecular weight excluding hydrogens is 284 g/mol. The van der Waals surface area contributed by atoms with Crippen LogP contribution in [0.5, 0.6) is 0 Å². The van der Waals surface area contributed by atoms with Gasteiger partial charge in [0.25, 0.3) is 5.91 Å². The van der Waals surface area contributed by atoms with E-state index in [-0.39, 0.29) is 24.3 Å². The number of likely N-dealkylation sites (tertiary alicyclic amines) is 1. The van der Waals surface area contributed by atoms with Crippen LogP contribution in [0.2, 0.25) is 0 Å². The molecule has 1 saturated heterocycles. The van der Waals surface area contributed by atoms with E-state index in [0.717, 1.165) is 18.5 Å². The molecule has 0 aliphatic carbocycles. The van der Waals surface area contributed by atoms with E-state index in [4.69, 9.17) is 0 Å². The van der Waals surface area contributed by atoms with Crippen molar-refractivity contribution in [2.24, 2.45) is 7.05 Å². The first-order valence-electron chi connectivity index (χ1n) is 7.68. The lowest BCUT2D eigenvalue weighted by Gasteiger charge is -2.21. The van der Waals surface area contributed by atoms with Crippen molar-refractivity contribution in [3.8, 4) is 0 Å². The van der Waals surface area contributed by atoms with E-state index in [1.807, 2.05) is 13.8 Å². The maximum atomic E-state index is 12.2. The molecular formula is C15H24N4O3. The summed E-state index contributed by atoms with van der Waals surface area (Å²) >= 11 is 0. The smallest absolute Gasteiger partial charge is 0.251 e. The number of aromatic nitrogens is 2. The number of aliphatic hydroxyl groups is 1. The maximum absolute atomic E-state index is 12.2. The number of hydrogen-bond donors (Lipinski definition) is 2. The Hall–Kier alpha value is -1.89. The van der Waals surface area contributed by atoms with Crippen LogP contribution in [0.15, 0.2) is 6.20 Å². The standard InChI is InChI=1S/C15H24N4O3/c1-10(2)14-11(8-18(3)17-14)16-13(21)9-19-7-5-4-6-12(20)15(19)22/h8,10,12,20H,4-7,9H2,1-3H3,(H,16,21). The van der Waals surface area contributed by atoms with Crippen molar-refractivity contribution in [1.29, 1.82) is 0 Å². The molecule has 1 unspecified atom stereocenters. The quantitative estimate of drug-likeness (QED) is 0.863. The van der Waals surface area contributed by atoms with Crippen molar-refractivity contribution in [2.45, 2.75) is 45.1 Å². The largest absolute Gasteiger partial charge is 0.383 e. The first-order chi connectivity index (χ1) is 10.4. The minimum absolute atomic E-state index is 0.0394. The van der Waals surface area contributed by atoms with Crippen LogP contribution in [0, 0.1) is 0 Å². The molecule has 2 amide bonds. The van der Waals surface area contributed by atoms with Gasteiger partial charge in [-0.2, -0.15) is 5.10 Å². The van der Waals surface area contributed by atoms with Gasteiger partial charge in [0, 0.05) is 19.8 Å². The molecule has 2 heterocycles. The van der Waals surface area contributed by atoms with Crippen molar-refractivity contribution in [2.75, 3.05) is 18.4 Å². The fourth-order valence-corrected chi connectivity index (χ4v) is 2.63. The number of anilines is 1. The second-order valence-electron chi connectivity index (χ2n) is 6.08. The lowest BCUT2D eigenvalue weighted by atomic mass is 10.1. The third kappa shape index (κ3) is 3.85. The lowest BCUT2D eigenvalue weighted by molar-refractivity contribution is -0.141. The highest BCUT2D eigenvalue weighted by Gasteiger charge is 2.26. The Bertz CT molecular complexity index is 553. The summed E-state index contributed by atoms with van der Waals surface area (Å²) in [5.74, 6) is -0.432.